The minimum absolute atomic E-state index is 0.0878. The lowest BCUT2D eigenvalue weighted by atomic mass is 10.2. The Morgan fingerprint density at radius 3 is 2.65 bits per heavy atom. The topological polar surface area (TPSA) is 88.2 Å². The first-order valence-electron chi connectivity index (χ1n) is 5.96. The van der Waals surface area contributed by atoms with E-state index in [1.54, 1.807) is 0 Å². The summed E-state index contributed by atoms with van der Waals surface area (Å²) < 4.78 is 4.61. The lowest BCUT2D eigenvalue weighted by molar-refractivity contribution is -0.141. The molecular formula is C13H14N4O3. The first kappa shape index (κ1) is 13.7. The molecule has 0 unspecified atom stereocenters. The number of carbonyl (C=O) groups is 2. The average molecular weight is 274 g/mol. The van der Waals surface area contributed by atoms with Crippen LogP contribution in [-0.2, 0) is 16.1 Å². The van der Waals surface area contributed by atoms with E-state index in [0.717, 1.165) is 5.56 Å². The molecule has 0 saturated carbocycles. The van der Waals surface area contributed by atoms with Crippen molar-refractivity contribution in [2.24, 2.45) is 0 Å². The molecule has 20 heavy (non-hydrogen) atoms. The van der Waals surface area contributed by atoms with Crippen molar-refractivity contribution in [3.63, 3.8) is 0 Å². The summed E-state index contributed by atoms with van der Waals surface area (Å²) in [6.07, 6.45) is 1.24. The molecule has 0 fully saturated rings. The van der Waals surface area contributed by atoms with Gasteiger partial charge in [0.25, 0.3) is 5.91 Å². The van der Waals surface area contributed by atoms with Gasteiger partial charge in [-0.25, -0.2) is 4.98 Å². The Hall–Kier alpha value is -2.70. The predicted molar refractivity (Wildman–Crippen MR) is 69.6 cm³/mol. The molecule has 1 aromatic carbocycles. The van der Waals surface area contributed by atoms with Gasteiger partial charge in [-0.05, 0) is 5.56 Å². The van der Waals surface area contributed by atoms with Gasteiger partial charge in [0.1, 0.15) is 12.9 Å². The molecule has 0 aliphatic heterocycles. The van der Waals surface area contributed by atoms with Crippen LogP contribution in [0.3, 0.4) is 0 Å². The number of amides is 1. The van der Waals surface area contributed by atoms with E-state index < -0.39 is 11.9 Å². The van der Waals surface area contributed by atoms with Gasteiger partial charge in [-0.15, -0.1) is 0 Å². The van der Waals surface area contributed by atoms with E-state index in [1.165, 1.54) is 18.3 Å². The number of ether oxygens (including phenoxy) is 1. The van der Waals surface area contributed by atoms with E-state index in [1.807, 2.05) is 30.3 Å². The Morgan fingerprint density at radius 2 is 2.05 bits per heavy atom. The molecule has 2 rings (SSSR count). The molecular weight excluding hydrogens is 260 g/mol. The molecule has 7 nitrogen and oxygen atoms in total. The summed E-state index contributed by atoms with van der Waals surface area (Å²) in [5, 5.41) is 6.12. The third-order valence-corrected chi connectivity index (χ3v) is 2.67. The van der Waals surface area contributed by atoms with Crippen LogP contribution in [0.15, 0.2) is 36.7 Å². The van der Waals surface area contributed by atoms with Gasteiger partial charge >= 0.3 is 5.97 Å². The van der Waals surface area contributed by atoms with Crippen molar-refractivity contribution in [2.45, 2.75) is 6.54 Å². The summed E-state index contributed by atoms with van der Waals surface area (Å²) in [5.41, 5.74) is 0.907. The number of rotatable bonds is 5. The summed E-state index contributed by atoms with van der Waals surface area (Å²) in [7, 11) is 1.28. The molecule has 0 spiro atoms. The second-order valence-corrected chi connectivity index (χ2v) is 4.06. The van der Waals surface area contributed by atoms with Crippen molar-refractivity contribution in [3.05, 3.63) is 48.0 Å². The van der Waals surface area contributed by atoms with E-state index in [2.05, 4.69) is 19.9 Å². The van der Waals surface area contributed by atoms with Gasteiger partial charge < -0.3 is 9.64 Å². The first-order valence-corrected chi connectivity index (χ1v) is 5.96. The minimum atomic E-state index is -0.492. The molecule has 104 valence electrons. The maximum absolute atomic E-state index is 12.2. The SMILES string of the molecule is COC(=O)CN(Cc1ccccc1)C(=O)c1ncn[nH]1. The van der Waals surface area contributed by atoms with Gasteiger partial charge in [0, 0.05) is 6.54 Å². The predicted octanol–water partition coefficient (Wildman–Crippen LogP) is 0.620. The molecule has 0 aliphatic carbocycles. The largest absolute Gasteiger partial charge is 0.468 e. The Balaban J connectivity index is 2.16. The number of carbonyl (C=O) groups excluding carboxylic acids is 2. The smallest absolute Gasteiger partial charge is 0.325 e. The van der Waals surface area contributed by atoms with E-state index in [4.69, 9.17) is 0 Å². The molecule has 7 heteroatoms. The number of H-pyrrole nitrogens is 1. The van der Waals surface area contributed by atoms with Crippen molar-refractivity contribution in [1.82, 2.24) is 20.1 Å². The van der Waals surface area contributed by atoms with Gasteiger partial charge in [0.05, 0.1) is 7.11 Å². The Labute approximate surface area is 115 Å². The zero-order valence-electron chi connectivity index (χ0n) is 10.9. The number of esters is 1. The third-order valence-electron chi connectivity index (χ3n) is 2.67. The van der Waals surface area contributed by atoms with E-state index in [9.17, 15) is 9.59 Å². The van der Waals surface area contributed by atoms with Crippen LogP contribution in [0.4, 0.5) is 0 Å². The fourth-order valence-electron chi connectivity index (χ4n) is 1.68. The van der Waals surface area contributed by atoms with Gasteiger partial charge in [-0.3, -0.25) is 14.7 Å². The fraction of sp³-hybridized carbons (Fsp3) is 0.231. The first-order chi connectivity index (χ1) is 9.70. The quantitative estimate of drug-likeness (QED) is 0.807. The highest BCUT2D eigenvalue weighted by molar-refractivity contribution is 5.92. The van der Waals surface area contributed by atoms with Gasteiger partial charge in [0.15, 0.2) is 0 Å². The number of hydrogen-bond acceptors (Lipinski definition) is 5. The monoisotopic (exact) mass is 274 g/mol. The fourth-order valence-corrected chi connectivity index (χ4v) is 1.68. The summed E-state index contributed by atoms with van der Waals surface area (Å²) in [4.78, 5) is 28.8. The van der Waals surface area contributed by atoms with Crippen molar-refractivity contribution in [1.29, 1.82) is 0 Å². The lowest BCUT2D eigenvalue weighted by Gasteiger charge is -2.20. The lowest BCUT2D eigenvalue weighted by Crippen LogP contribution is -2.36. The van der Waals surface area contributed by atoms with Gasteiger partial charge in [-0.2, -0.15) is 5.10 Å². The van der Waals surface area contributed by atoms with Crippen molar-refractivity contribution in [2.75, 3.05) is 13.7 Å². The molecule has 0 bridgehead atoms. The van der Waals surface area contributed by atoms with Crippen molar-refractivity contribution < 1.29 is 14.3 Å². The Bertz CT molecular complexity index is 569. The number of aromatic amines is 1. The zero-order valence-corrected chi connectivity index (χ0v) is 10.9. The van der Waals surface area contributed by atoms with E-state index in [0.29, 0.717) is 0 Å². The molecule has 0 saturated heterocycles. The Kier molecular flexibility index (Phi) is 4.43. The maximum Gasteiger partial charge on any atom is 0.325 e. The number of nitrogens with one attached hydrogen (secondary N) is 1. The normalized spacial score (nSPS) is 10.1. The summed E-state index contributed by atoms with van der Waals surface area (Å²) >= 11 is 0. The highest BCUT2D eigenvalue weighted by Gasteiger charge is 2.21. The summed E-state index contributed by atoms with van der Waals surface area (Å²) in [5.74, 6) is -0.810. The highest BCUT2D eigenvalue weighted by atomic mass is 16.5. The zero-order chi connectivity index (χ0) is 14.4. The van der Waals surface area contributed by atoms with Crippen LogP contribution in [0.1, 0.15) is 16.2 Å². The Morgan fingerprint density at radius 1 is 1.30 bits per heavy atom. The molecule has 1 aromatic heterocycles. The van der Waals surface area contributed by atoms with Crippen molar-refractivity contribution >= 4 is 11.9 Å². The number of methoxy groups -OCH3 is 1. The molecule has 0 atom stereocenters. The maximum atomic E-state index is 12.2. The molecule has 1 amide bonds. The van der Waals surface area contributed by atoms with Gasteiger partial charge in [-0.1, -0.05) is 30.3 Å². The van der Waals surface area contributed by atoms with Crippen molar-refractivity contribution in [3.8, 4) is 0 Å². The number of hydrogen-bond donors (Lipinski definition) is 1. The van der Waals surface area contributed by atoms with Crippen LogP contribution in [0.25, 0.3) is 0 Å². The third kappa shape index (κ3) is 3.41. The average Bonchev–Trinajstić information content (AvgIpc) is 3.01. The van der Waals surface area contributed by atoms with Gasteiger partial charge in [0.2, 0.25) is 5.82 Å². The highest BCUT2D eigenvalue weighted by Crippen LogP contribution is 2.07. The second-order valence-electron chi connectivity index (χ2n) is 4.06. The number of aromatic nitrogens is 3. The second kappa shape index (κ2) is 6.46. The molecule has 1 N–H and O–H groups in total. The summed E-state index contributed by atoms with van der Waals surface area (Å²) in [6.45, 7) is 0.139. The molecule has 0 radical (unpaired) electrons. The van der Waals surface area contributed by atoms with Crippen LogP contribution in [0, 0.1) is 0 Å². The molecule has 1 heterocycles. The van der Waals surface area contributed by atoms with Crippen LogP contribution in [0.2, 0.25) is 0 Å². The van der Waals surface area contributed by atoms with Crippen LogP contribution in [-0.4, -0.2) is 45.6 Å². The number of nitrogens with zero attached hydrogens (tertiary/aromatic N) is 3. The van der Waals surface area contributed by atoms with E-state index >= 15 is 0 Å². The minimum Gasteiger partial charge on any atom is -0.468 e. The summed E-state index contributed by atoms with van der Waals surface area (Å²) in [6, 6.07) is 9.36. The standard InChI is InChI=1S/C13H14N4O3/c1-20-11(18)8-17(7-10-5-3-2-4-6-10)13(19)12-14-9-15-16-12/h2-6,9H,7-8H2,1H3,(H,14,15,16). The number of benzene rings is 1. The van der Waals surface area contributed by atoms with Crippen LogP contribution < -0.4 is 0 Å². The van der Waals surface area contributed by atoms with E-state index in [-0.39, 0.29) is 18.9 Å². The van der Waals surface area contributed by atoms with Crippen LogP contribution >= 0.6 is 0 Å². The van der Waals surface area contributed by atoms with Crippen LogP contribution in [0.5, 0.6) is 0 Å². The molecule has 2 aromatic rings. The molecule has 0 aliphatic rings.